The van der Waals surface area contributed by atoms with Crippen LogP contribution in [-0.2, 0) is 0 Å². The van der Waals surface area contributed by atoms with Gasteiger partial charge in [0.25, 0.3) is 5.56 Å². The van der Waals surface area contributed by atoms with Gasteiger partial charge in [0.1, 0.15) is 10.6 Å². The highest BCUT2D eigenvalue weighted by Crippen LogP contribution is 2.36. The SMILES string of the molecule is Cc1sc2nc(/C(Cl)=C/c3ccc(O)c(Cl)c3)[nH]c(=O)c2c1-c1ccccc1. The number of nitrogens with zero attached hydrogens (tertiary/aromatic N) is 1. The van der Waals surface area contributed by atoms with Crippen LogP contribution < -0.4 is 5.56 Å². The zero-order valence-electron chi connectivity index (χ0n) is 14.7. The Bertz CT molecular complexity index is 1280. The van der Waals surface area contributed by atoms with E-state index in [1.54, 1.807) is 18.2 Å². The first-order chi connectivity index (χ1) is 13.4. The molecule has 0 aliphatic heterocycles. The van der Waals surface area contributed by atoms with Gasteiger partial charge in [-0.05, 0) is 36.3 Å². The lowest BCUT2D eigenvalue weighted by Crippen LogP contribution is -2.10. The minimum Gasteiger partial charge on any atom is -0.506 e. The van der Waals surface area contributed by atoms with Crippen molar-refractivity contribution in [2.24, 2.45) is 0 Å². The molecule has 2 aromatic heterocycles. The third-order valence-electron chi connectivity index (χ3n) is 4.29. The number of halogens is 2. The van der Waals surface area contributed by atoms with E-state index in [2.05, 4.69) is 9.97 Å². The summed E-state index contributed by atoms with van der Waals surface area (Å²) >= 11 is 13.8. The molecule has 2 aromatic carbocycles. The highest BCUT2D eigenvalue weighted by molar-refractivity contribution is 7.19. The van der Waals surface area contributed by atoms with E-state index in [-0.39, 0.29) is 27.2 Å². The van der Waals surface area contributed by atoms with Crippen LogP contribution in [0.4, 0.5) is 0 Å². The van der Waals surface area contributed by atoms with E-state index in [0.717, 1.165) is 16.0 Å². The second kappa shape index (κ2) is 7.43. The predicted molar refractivity (Wildman–Crippen MR) is 117 cm³/mol. The summed E-state index contributed by atoms with van der Waals surface area (Å²) in [4.78, 5) is 21.8. The minimum absolute atomic E-state index is 0.00890. The van der Waals surface area contributed by atoms with E-state index in [1.165, 1.54) is 17.4 Å². The average molecular weight is 429 g/mol. The number of aromatic amines is 1. The molecule has 0 aliphatic rings. The molecule has 0 saturated carbocycles. The topological polar surface area (TPSA) is 66.0 Å². The molecule has 140 valence electrons. The van der Waals surface area contributed by atoms with Crippen molar-refractivity contribution in [3.63, 3.8) is 0 Å². The molecular formula is C21H14Cl2N2O2S. The summed E-state index contributed by atoms with van der Waals surface area (Å²) in [7, 11) is 0. The number of aromatic hydroxyl groups is 1. The number of phenolic OH excluding ortho intramolecular Hbond substituents is 1. The summed E-state index contributed by atoms with van der Waals surface area (Å²) in [6, 6.07) is 14.5. The van der Waals surface area contributed by atoms with Crippen molar-refractivity contribution in [1.29, 1.82) is 0 Å². The molecule has 0 unspecified atom stereocenters. The number of fused-ring (bicyclic) bond motifs is 1. The largest absolute Gasteiger partial charge is 0.506 e. The maximum absolute atomic E-state index is 12.8. The Morgan fingerprint density at radius 3 is 2.68 bits per heavy atom. The Morgan fingerprint density at radius 2 is 1.96 bits per heavy atom. The Kier molecular flexibility index (Phi) is 4.98. The number of phenols is 1. The van der Waals surface area contributed by atoms with Gasteiger partial charge < -0.3 is 10.1 Å². The highest BCUT2D eigenvalue weighted by atomic mass is 35.5. The predicted octanol–water partition coefficient (Wildman–Crippen LogP) is 6.06. The van der Waals surface area contributed by atoms with Gasteiger partial charge in [-0.25, -0.2) is 4.98 Å². The Balaban J connectivity index is 1.83. The van der Waals surface area contributed by atoms with Gasteiger partial charge in [0.2, 0.25) is 0 Å². The molecule has 4 rings (SSSR count). The molecule has 28 heavy (non-hydrogen) atoms. The zero-order chi connectivity index (χ0) is 19.8. The Labute approximate surface area is 174 Å². The fourth-order valence-corrected chi connectivity index (χ4v) is 4.46. The van der Waals surface area contributed by atoms with Crippen molar-refractivity contribution >= 4 is 55.9 Å². The molecule has 7 heteroatoms. The van der Waals surface area contributed by atoms with Crippen LogP contribution in [0.5, 0.6) is 5.75 Å². The standard InChI is InChI=1S/C21H14Cl2N2O2S/c1-11-17(13-5-3-2-4-6-13)18-20(27)24-19(25-21(18)28-11)15(23)10-12-7-8-16(26)14(22)9-12/h2-10,26H,1H3,(H,24,25,27)/b15-10-. The van der Waals surface area contributed by atoms with Gasteiger partial charge in [-0.2, -0.15) is 0 Å². The molecule has 0 amide bonds. The van der Waals surface area contributed by atoms with Crippen LogP contribution in [0.25, 0.3) is 32.5 Å². The van der Waals surface area contributed by atoms with Crippen LogP contribution in [0.1, 0.15) is 16.3 Å². The maximum Gasteiger partial charge on any atom is 0.260 e. The summed E-state index contributed by atoms with van der Waals surface area (Å²) in [6.45, 7) is 1.98. The molecule has 0 aliphatic carbocycles. The number of hydrogen-bond donors (Lipinski definition) is 2. The van der Waals surface area contributed by atoms with Gasteiger partial charge in [-0.1, -0.05) is 59.6 Å². The van der Waals surface area contributed by atoms with Gasteiger partial charge in [-0.15, -0.1) is 11.3 Å². The Hall–Kier alpha value is -2.60. The van der Waals surface area contributed by atoms with E-state index in [4.69, 9.17) is 23.2 Å². The maximum atomic E-state index is 12.8. The van der Waals surface area contributed by atoms with Crippen LogP contribution in [-0.4, -0.2) is 15.1 Å². The molecule has 4 nitrogen and oxygen atoms in total. The fraction of sp³-hybridized carbons (Fsp3) is 0.0476. The number of nitrogens with one attached hydrogen (secondary N) is 1. The van der Waals surface area contributed by atoms with Gasteiger partial charge in [0.15, 0.2) is 5.82 Å². The van der Waals surface area contributed by atoms with Gasteiger partial charge in [0.05, 0.1) is 15.4 Å². The van der Waals surface area contributed by atoms with Crippen LogP contribution >= 0.6 is 34.5 Å². The van der Waals surface area contributed by atoms with Crippen molar-refractivity contribution < 1.29 is 5.11 Å². The third kappa shape index (κ3) is 3.44. The lowest BCUT2D eigenvalue weighted by Gasteiger charge is -2.03. The summed E-state index contributed by atoms with van der Waals surface area (Å²) < 4.78 is 0. The quantitative estimate of drug-likeness (QED) is 0.416. The number of benzene rings is 2. The average Bonchev–Trinajstić information content (AvgIpc) is 3.02. The third-order valence-corrected chi connectivity index (χ3v) is 5.88. The van der Waals surface area contributed by atoms with Crippen molar-refractivity contribution in [2.75, 3.05) is 0 Å². The fourth-order valence-electron chi connectivity index (χ4n) is 3.01. The van der Waals surface area contributed by atoms with E-state index in [1.807, 2.05) is 37.3 Å². The van der Waals surface area contributed by atoms with E-state index in [9.17, 15) is 9.90 Å². The first-order valence-corrected chi connectivity index (χ1v) is 9.96. The second-order valence-corrected chi connectivity index (χ2v) is 8.21. The van der Waals surface area contributed by atoms with Crippen LogP contribution in [0.2, 0.25) is 5.02 Å². The van der Waals surface area contributed by atoms with Crippen molar-refractivity contribution in [3.8, 4) is 16.9 Å². The number of aryl methyl sites for hydroxylation is 1. The lowest BCUT2D eigenvalue weighted by molar-refractivity contribution is 0.475. The van der Waals surface area contributed by atoms with E-state index >= 15 is 0 Å². The smallest absolute Gasteiger partial charge is 0.260 e. The molecule has 0 saturated heterocycles. The number of hydrogen-bond acceptors (Lipinski definition) is 4. The van der Waals surface area contributed by atoms with Crippen LogP contribution in [0.15, 0.2) is 53.3 Å². The summed E-state index contributed by atoms with van der Waals surface area (Å²) in [5.74, 6) is 0.273. The van der Waals surface area contributed by atoms with Gasteiger partial charge in [0, 0.05) is 10.4 Å². The molecule has 0 bridgehead atoms. The lowest BCUT2D eigenvalue weighted by atomic mass is 10.0. The van der Waals surface area contributed by atoms with Gasteiger partial charge in [-0.3, -0.25) is 4.79 Å². The van der Waals surface area contributed by atoms with E-state index in [0.29, 0.717) is 15.8 Å². The molecule has 2 heterocycles. The normalized spacial score (nSPS) is 11.9. The van der Waals surface area contributed by atoms with Crippen molar-refractivity contribution in [1.82, 2.24) is 9.97 Å². The molecule has 0 atom stereocenters. The minimum atomic E-state index is -0.238. The molecule has 0 spiro atoms. The van der Waals surface area contributed by atoms with Crippen molar-refractivity contribution in [3.05, 3.63) is 80.2 Å². The molecule has 2 N–H and O–H groups in total. The molecule has 4 aromatic rings. The van der Waals surface area contributed by atoms with Gasteiger partial charge >= 0.3 is 0 Å². The summed E-state index contributed by atoms with van der Waals surface area (Å²) in [6.07, 6.45) is 1.63. The van der Waals surface area contributed by atoms with Crippen LogP contribution in [0, 0.1) is 6.92 Å². The monoisotopic (exact) mass is 428 g/mol. The number of aromatic nitrogens is 2. The first-order valence-electron chi connectivity index (χ1n) is 8.39. The van der Waals surface area contributed by atoms with E-state index < -0.39 is 0 Å². The highest BCUT2D eigenvalue weighted by Gasteiger charge is 2.17. The van der Waals surface area contributed by atoms with Crippen LogP contribution in [0.3, 0.4) is 0 Å². The Morgan fingerprint density at radius 1 is 1.21 bits per heavy atom. The summed E-state index contributed by atoms with van der Waals surface area (Å²) in [5.41, 5.74) is 2.32. The number of thiophene rings is 1. The summed E-state index contributed by atoms with van der Waals surface area (Å²) in [5, 5.41) is 10.6. The zero-order valence-corrected chi connectivity index (χ0v) is 17.0. The van der Waals surface area contributed by atoms with Crippen molar-refractivity contribution in [2.45, 2.75) is 6.92 Å². The first kappa shape index (κ1) is 18.7. The molecule has 0 fully saturated rings. The second-order valence-electron chi connectivity index (χ2n) is 6.20. The molecular weight excluding hydrogens is 415 g/mol. The number of rotatable bonds is 3. The molecule has 0 radical (unpaired) electrons. The number of H-pyrrole nitrogens is 1.